The van der Waals surface area contributed by atoms with Crippen molar-refractivity contribution < 1.29 is 15.0 Å². The van der Waals surface area contributed by atoms with E-state index in [4.69, 9.17) is 11.6 Å². The molecular formula is C16H21ClO3. The van der Waals surface area contributed by atoms with Crippen LogP contribution < -0.4 is 0 Å². The first-order chi connectivity index (χ1) is 9.52. The van der Waals surface area contributed by atoms with Gasteiger partial charge in [0.15, 0.2) is 0 Å². The maximum atomic E-state index is 11.2. The number of aliphatic hydroxyl groups excluding tert-OH is 1. The summed E-state index contributed by atoms with van der Waals surface area (Å²) in [6, 6.07) is 5.53. The predicted octanol–water partition coefficient (Wildman–Crippen LogP) is 3.62. The SMILES string of the molecule is CCC(C(=O)O)c1ccc(CC2CCCC2O)c(Cl)c1. The number of aliphatic hydroxyl groups is 1. The molecule has 110 valence electrons. The van der Waals surface area contributed by atoms with E-state index in [-0.39, 0.29) is 12.0 Å². The van der Waals surface area contributed by atoms with Gasteiger partial charge >= 0.3 is 5.97 Å². The Balaban J connectivity index is 2.15. The maximum absolute atomic E-state index is 11.2. The van der Waals surface area contributed by atoms with Gasteiger partial charge in [0.05, 0.1) is 12.0 Å². The third-order valence-electron chi connectivity index (χ3n) is 4.29. The standard InChI is InChI=1S/C16H21ClO3/c1-2-13(16(19)20)10-6-7-11(14(17)9-10)8-12-4-3-5-15(12)18/h6-7,9,12-13,15,18H,2-5,8H2,1H3,(H,19,20). The summed E-state index contributed by atoms with van der Waals surface area (Å²) >= 11 is 6.29. The highest BCUT2D eigenvalue weighted by Crippen LogP contribution is 2.32. The summed E-state index contributed by atoms with van der Waals surface area (Å²) in [6.45, 7) is 1.86. The van der Waals surface area contributed by atoms with Crippen molar-refractivity contribution in [2.75, 3.05) is 0 Å². The second-order valence-electron chi connectivity index (χ2n) is 5.61. The predicted molar refractivity (Wildman–Crippen MR) is 79.2 cm³/mol. The Morgan fingerprint density at radius 2 is 2.20 bits per heavy atom. The minimum atomic E-state index is -0.817. The monoisotopic (exact) mass is 296 g/mol. The Labute approximate surface area is 124 Å². The summed E-state index contributed by atoms with van der Waals surface area (Å²) in [7, 11) is 0. The van der Waals surface area contributed by atoms with Crippen LogP contribution in [0.4, 0.5) is 0 Å². The number of aliphatic carboxylic acids is 1. The van der Waals surface area contributed by atoms with Crippen LogP contribution in [-0.4, -0.2) is 22.3 Å². The number of hydrogen-bond acceptors (Lipinski definition) is 2. The number of rotatable bonds is 5. The van der Waals surface area contributed by atoms with E-state index in [0.29, 0.717) is 11.4 Å². The summed E-state index contributed by atoms with van der Waals surface area (Å²) in [4.78, 5) is 11.2. The molecule has 0 bridgehead atoms. The lowest BCUT2D eigenvalue weighted by atomic mass is 9.92. The molecular weight excluding hydrogens is 276 g/mol. The topological polar surface area (TPSA) is 57.5 Å². The summed E-state index contributed by atoms with van der Waals surface area (Å²) in [5.41, 5.74) is 1.75. The van der Waals surface area contributed by atoms with Gasteiger partial charge in [0.25, 0.3) is 0 Å². The van der Waals surface area contributed by atoms with Crippen molar-refractivity contribution in [3.63, 3.8) is 0 Å². The number of carboxylic acids is 1. The minimum absolute atomic E-state index is 0.229. The Bertz CT molecular complexity index is 487. The molecule has 1 aliphatic carbocycles. The molecule has 0 radical (unpaired) electrons. The molecule has 0 aliphatic heterocycles. The van der Waals surface area contributed by atoms with Crippen LogP contribution in [0.1, 0.15) is 49.7 Å². The van der Waals surface area contributed by atoms with Gasteiger partial charge in [-0.3, -0.25) is 4.79 Å². The molecule has 0 aromatic heterocycles. The number of benzene rings is 1. The van der Waals surface area contributed by atoms with Gasteiger partial charge in [-0.25, -0.2) is 0 Å². The number of halogens is 1. The van der Waals surface area contributed by atoms with E-state index in [1.54, 1.807) is 6.07 Å². The van der Waals surface area contributed by atoms with Crippen LogP contribution in [0.2, 0.25) is 5.02 Å². The van der Waals surface area contributed by atoms with Crippen LogP contribution in [0.15, 0.2) is 18.2 Å². The molecule has 1 saturated carbocycles. The molecule has 0 heterocycles. The average molecular weight is 297 g/mol. The van der Waals surface area contributed by atoms with Crippen molar-refractivity contribution in [3.8, 4) is 0 Å². The molecule has 1 fully saturated rings. The van der Waals surface area contributed by atoms with Gasteiger partial charge in [-0.15, -0.1) is 0 Å². The van der Waals surface area contributed by atoms with Crippen molar-refractivity contribution in [2.45, 2.75) is 51.0 Å². The highest BCUT2D eigenvalue weighted by atomic mass is 35.5. The van der Waals surface area contributed by atoms with E-state index in [2.05, 4.69) is 0 Å². The van der Waals surface area contributed by atoms with Crippen LogP contribution in [-0.2, 0) is 11.2 Å². The number of hydrogen-bond donors (Lipinski definition) is 2. The van der Waals surface area contributed by atoms with Crippen molar-refractivity contribution in [1.29, 1.82) is 0 Å². The first-order valence-corrected chi connectivity index (χ1v) is 7.60. The van der Waals surface area contributed by atoms with Crippen molar-refractivity contribution in [3.05, 3.63) is 34.3 Å². The van der Waals surface area contributed by atoms with Crippen molar-refractivity contribution in [2.24, 2.45) is 5.92 Å². The molecule has 0 spiro atoms. The van der Waals surface area contributed by atoms with Crippen LogP contribution in [0.3, 0.4) is 0 Å². The number of carboxylic acid groups (broad SMARTS) is 1. The van der Waals surface area contributed by atoms with Crippen LogP contribution >= 0.6 is 11.6 Å². The smallest absolute Gasteiger partial charge is 0.310 e. The minimum Gasteiger partial charge on any atom is -0.481 e. The van der Waals surface area contributed by atoms with E-state index in [9.17, 15) is 15.0 Å². The molecule has 2 rings (SSSR count). The van der Waals surface area contributed by atoms with Crippen LogP contribution in [0.25, 0.3) is 0 Å². The second-order valence-corrected chi connectivity index (χ2v) is 6.02. The summed E-state index contributed by atoms with van der Waals surface area (Å²) in [6.07, 6.45) is 4.06. The van der Waals surface area contributed by atoms with Crippen molar-refractivity contribution in [1.82, 2.24) is 0 Å². The molecule has 3 unspecified atom stereocenters. The Morgan fingerprint density at radius 3 is 2.70 bits per heavy atom. The fourth-order valence-electron chi connectivity index (χ4n) is 3.04. The van der Waals surface area contributed by atoms with Gasteiger partial charge in [0, 0.05) is 5.02 Å². The zero-order valence-electron chi connectivity index (χ0n) is 11.7. The van der Waals surface area contributed by atoms with Gasteiger partial charge in [-0.05, 0) is 48.8 Å². The normalized spacial score (nSPS) is 23.8. The second kappa shape index (κ2) is 6.59. The van der Waals surface area contributed by atoms with Gasteiger partial charge in [0.2, 0.25) is 0 Å². The summed E-state index contributed by atoms with van der Waals surface area (Å²) in [5.74, 6) is -1.04. The lowest BCUT2D eigenvalue weighted by Gasteiger charge is -2.17. The zero-order valence-corrected chi connectivity index (χ0v) is 12.4. The highest BCUT2D eigenvalue weighted by Gasteiger charge is 2.26. The Kier molecular flexibility index (Phi) is 5.06. The molecule has 4 heteroatoms. The first kappa shape index (κ1) is 15.3. The lowest BCUT2D eigenvalue weighted by Crippen LogP contribution is -2.16. The van der Waals surface area contributed by atoms with E-state index < -0.39 is 11.9 Å². The fraction of sp³-hybridized carbons (Fsp3) is 0.562. The van der Waals surface area contributed by atoms with E-state index in [1.807, 2.05) is 19.1 Å². The molecule has 1 aromatic carbocycles. The molecule has 3 atom stereocenters. The molecule has 20 heavy (non-hydrogen) atoms. The Hall–Kier alpha value is -1.06. The quantitative estimate of drug-likeness (QED) is 0.872. The van der Waals surface area contributed by atoms with Gasteiger partial charge < -0.3 is 10.2 Å². The van der Waals surface area contributed by atoms with E-state index in [0.717, 1.165) is 36.8 Å². The van der Waals surface area contributed by atoms with Crippen molar-refractivity contribution >= 4 is 17.6 Å². The lowest BCUT2D eigenvalue weighted by molar-refractivity contribution is -0.138. The maximum Gasteiger partial charge on any atom is 0.310 e. The van der Waals surface area contributed by atoms with Gasteiger partial charge in [-0.2, -0.15) is 0 Å². The number of carbonyl (C=O) groups is 1. The molecule has 2 N–H and O–H groups in total. The van der Waals surface area contributed by atoms with Crippen LogP contribution in [0.5, 0.6) is 0 Å². The zero-order chi connectivity index (χ0) is 14.7. The fourth-order valence-corrected chi connectivity index (χ4v) is 3.30. The van der Waals surface area contributed by atoms with Crippen LogP contribution in [0, 0.1) is 5.92 Å². The third kappa shape index (κ3) is 3.33. The first-order valence-electron chi connectivity index (χ1n) is 7.22. The molecule has 3 nitrogen and oxygen atoms in total. The molecule has 1 aromatic rings. The van der Waals surface area contributed by atoms with Gasteiger partial charge in [0.1, 0.15) is 0 Å². The largest absolute Gasteiger partial charge is 0.481 e. The summed E-state index contributed by atoms with van der Waals surface area (Å²) < 4.78 is 0. The molecule has 0 saturated heterocycles. The Morgan fingerprint density at radius 1 is 1.45 bits per heavy atom. The van der Waals surface area contributed by atoms with E-state index in [1.165, 1.54) is 0 Å². The van der Waals surface area contributed by atoms with Gasteiger partial charge in [-0.1, -0.05) is 37.1 Å². The average Bonchev–Trinajstić information content (AvgIpc) is 2.79. The summed E-state index contributed by atoms with van der Waals surface area (Å²) in [5, 5.41) is 19.7. The van der Waals surface area contributed by atoms with E-state index >= 15 is 0 Å². The molecule has 0 amide bonds. The highest BCUT2D eigenvalue weighted by molar-refractivity contribution is 6.31. The molecule has 1 aliphatic rings. The third-order valence-corrected chi connectivity index (χ3v) is 4.64.